The first kappa shape index (κ1) is 26.2. The molecule has 0 saturated carbocycles. The van der Waals surface area contributed by atoms with Crippen LogP contribution in [0.2, 0.25) is 0 Å². The summed E-state index contributed by atoms with van der Waals surface area (Å²) in [6, 6.07) is 14.0. The fraction of sp³-hybridized carbons (Fsp3) is 0.238. The van der Waals surface area contributed by atoms with Crippen LogP contribution in [0.3, 0.4) is 0 Å². The van der Waals surface area contributed by atoms with Gasteiger partial charge in [-0.2, -0.15) is 23.7 Å². The van der Waals surface area contributed by atoms with Crippen molar-refractivity contribution in [2.75, 3.05) is 19.4 Å². The third-order valence-electron chi connectivity index (χ3n) is 3.91. The Labute approximate surface area is 192 Å². The standard InChI is InChI=1S/C21H17F3N3O6P/c1-2-31-19(28)13-27(20(29)21(22,23)24)14-34(30,32-17-7-3-5-15(9-17)11-25)33-18-8-4-6-16(10-18)12-26/h3-10H,2,13-14H2,1H3. The van der Waals surface area contributed by atoms with Crippen LogP contribution >= 0.6 is 7.60 Å². The van der Waals surface area contributed by atoms with Crippen LogP contribution in [0, 0.1) is 22.7 Å². The number of rotatable bonds is 9. The van der Waals surface area contributed by atoms with Crippen molar-refractivity contribution < 1.29 is 41.1 Å². The first-order valence-corrected chi connectivity index (χ1v) is 11.2. The smallest absolute Gasteiger partial charge is 0.465 e. The highest BCUT2D eigenvalue weighted by atomic mass is 31.2. The van der Waals surface area contributed by atoms with E-state index < -0.39 is 38.5 Å². The van der Waals surface area contributed by atoms with Crippen molar-refractivity contribution in [2.45, 2.75) is 13.1 Å². The summed E-state index contributed by atoms with van der Waals surface area (Å²) in [5, 5.41) is 18.1. The van der Waals surface area contributed by atoms with E-state index in [2.05, 4.69) is 4.74 Å². The number of carbonyl (C=O) groups is 2. The minimum absolute atomic E-state index is 0.0545. The molecule has 2 aromatic carbocycles. The third kappa shape index (κ3) is 7.54. The Kier molecular flexibility index (Phi) is 8.65. The highest BCUT2D eigenvalue weighted by Gasteiger charge is 2.46. The van der Waals surface area contributed by atoms with E-state index in [4.69, 9.17) is 19.6 Å². The van der Waals surface area contributed by atoms with Crippen LogP contribution in [0.5, 0.6) is 11.5 Å². The number of nitriles is 2. The number of alkyl halides is 3. The van der Waals surface area contributed by atoms with Crippen LogP contribution in [0.25, 0.3) is 0 Å². The largest absolute Gasteiger partial charge is 0.471 e. The van der Waals surface area contributed by atoms with E-state index in [1.807, 2.05) is 12.1 Å². The van der Waals surface area contributed by atoms with Crippen LogP contribution in [-0.2, 0) is 18.9 Å². The number of halogens is 3. The zero-order valence-corrected chi connectivity index (χ0v) is 18.5. The lowest BCUT2D eigenvalue weighted by Gasteiger charge is -2.27. The fourth-order valence-electron chi connectivity index (χ4n) is 2.58. The van der Waals surface area contributed by atoms with Crippen molar-refractivity contribution in [3.63, 3.8) is 0 Å². The summed E-state index contributed by atoms with van der Waals surface area (Å²) in [6.45, 7) is 0.0636. The molecule has 0 aliphatic rings. The van der Waals surface area contributed by atoms with Gasteiger partial charge in [-0.25, -0.2) is 4.57 Å². The summed E-state index contributed by atoms with van der Waals surface area (Å²) in [5.74, 6) is -4.04. The van der Waals surface area contributed by atoms with E-state index >= 15 is 0 Å². The average Bonchev–Trinajstić information content (AvgIpc) is 2.77. The Bertz CT molecular complexity index is 1130. The second kappa shape index (κ2) is 11.2. The van der Waals surface area contributed by atoms with Gasteiger partial charge in [0.2, 0.25) is 0 Å². The lowest BCUT2D eigenvalue weighted by molar-refractivity contribution is -0.186. The Morgan fingerprint density at radius 1 is 1.00 bits per heavy atom. The van der Waals surface area contributed by atoms with Gasteiger partial charge in [-0.1, -0.05) is 12.1 Å². The summed E-state index contributed by atoms with van der Waals surface area (Å²) in [4.78, 5) is 23.7. The van der Waals surface area contributed by atoms with E-state index in [1.54, 1.807) is 0 Å². The summed E-state index contributed by atoms with van der Waals surface area (Å²) in [6.07, 6.45) is -6.70. The van der Waals surface area contributed by atoms with Gasteiger partial charge in [-0.05, 0) is 43.3 Å². The minimum atomic E-state index is -5.40. The van der Waals surface area contributed by atoms with Crippen molar-refractivity contribution in [2.24, 2.45) is 0 Å². The number of hydrogen-bond acceptors (Lipinski definition) is 8. The molecule has 2 aromatic rings. The van der Waals surface area contributed by atoms with Gasteiger partial charge in [0, 0.05) is 0 Å². The first-order chi connectivity index (χ1) is 16.0. The fourth-order valence-corrected chi connectivity index (χ4v) is 4.25. The quantitative estimate of drug-likeness (QED) is 0.377. The number of nitrogens with zero attached hydrogens (tertiary/aromatic N) is 3. The number of amides is 1. The topological polar surface area (TPSA) is 130 Å². The molecule has 13 heteroatoms. The molecule has 0 aromatic heterocycles. The molecule has 0 aliphatic heterocycles. The van der Waals surface area contributed by atoms with Gasteiger partial charge in [-0.3, -0.25) is 9.59 Å². The molecule has 9 nitrogen and oxygen atoms in total. The second-order valence-electron chi connectivity index (χ2n) is 6.52. The van der Waals surface area contributed by atoms with Gasteiger partial charge in [0.1, 0.15) is 24.3 Å². The molecule has 0 aliphatic carbocycles. The normalized spacial score (nSPS) is 11.0. The first-order valence-electron chi connectivity index (χ1n) is 9.50. The molecule has 2 rings (SSSR count). The van der Waals surface area contributed by atoms with Gasteiger partial charge in [0.15, 0.2) is 0 Å². The second-order valence-corrected chi connectivity index (χ2v) is 8.39. The summed E-state index contributed by atoms with van der Waals surface area (Å²) in [5.41, 5.74) is 0.176. The Balaban J connectivity index is 2.48. The van der Waals surface area contributed by atoms with Gasteiger partial charge >= 0.3 is 25.6 Å². The Hall–Kier alpha value is -4.02. The summed E-state index contributed by atoms with van der Waals surface area (Å²) in [7, 11) is -4.70. The zero-order valence-electron chi connectivity index (χ0n) is 17.6. The SMILES string of the molecule is CCOC(=O)CN(CP(=O)(Oc1cccc(C#N)c1)Oc1cccc(C#N)c1)C(=O)C(F)(F)F. The molecule has 0 radical (unpaired) electrons. The molecule has 0 unspecified atom stereocenters. The van der Waals surface area contributed by atoms with E-state index in [1.165, 1.54) is 43.3 Å². The van der Waals surface area contributed by atoms with Crippen molar-refractivity contribution in [1.82, 2.24) is 4.90 Å². The zero-order chi connectivity index (χ0) is 25.4. The molecule has 0 spiro atoms. The number of ether oxygens (including phenoxy) is 1. The maximum absolute atomic E-state index is 13.6. The van der Waals surface area contributed by atoms with Gasteiger partial charge in [0.25, 0.3) is 0 Å². The van der Waals surface area contributed by atoms with Gasteiger partial charge in [-0.15, -0.1) is 0 Å². The average molecular weight is 495 g/mol. The number of benzene rings is 2. The van der Waals surface area contributed by atoms with Crippen LogP contribution in [-0.4, -0.2) is 42.4 Å². The molecule has 0 saturated heterocycles. The maximum atomic E-state index is 13.6. The molecule has 0 atom stereocenters. The number of hydrogen-bond donors (Lipinski definition) is 0. The van der Waals surface area contributed by atoms with Crippen molar-refractivity contribution in [3.05, 3.63) is 59.7 Å². The van der Waals surface area contributed by atoms with E-state index in [0.29, 0.717) is 0 Å². The highest BCUT2D eigenvalue weighted by molar-refractivity contribution is 7.54. The minimum Gasteiger partial charge on any atom is -0.465 e. The molecular weight excluding hydrogens is 478 g/mol. The molecule has 0 N–H and O–H groups in total. The van der Waals surface area contributed by atoms with Gasteiger partial charge in [0.05, 0.1) is 29.9 Å². The third-order valence-corrected chi connectivity index (χ3v) is 5.58. The number of carbonyl (C=O) groups excluding carboxylic acids is 2. The predicted molar refractivity (Wildman–Crippen MR) is 110 cm³/mol. The van der Waals surface area contributed by atoms with Crippen LogP contribution in [0.1, 0.15) is 18.1 Å². The molecule has 178 valence electrons. The van der Waals surface area contributed by atoms with E-state index in [0.717, 1.165) is 12.1 Å². The summed E-state index contributed by atoms with van der Waals surface area (Å²) >= 11 is 0. The van der Waals surface area contributed by atoms with E-state index in [-0.39, 0.29) is 34.1 Å². The molecule has 0 fully saturated rings. The Morgan fingerprint density at radius 3 is 1.91 bits per heavy atom. The maximum Gasteiger partial charge on any atom is 0.471 e. The lowest BCUT2D eigenvalue weighted by Crippen LogP contribution is -2.45. The van der Waals surface area contributed by atoms with Crippen LogP contribution in [0.15, 0.2) is 48.5 Å². The van der Waals surface area contributed by atoms with Crippen molar-refractivity contribution >= 4 is 19.5 Å². The molecular formula is C21H17F3N3O6P. The van der Waals surface area contributed by atoms with Crippen LogP contribution < -0.4 is 9.05 Å². The molecule has 34 heavy (non-hydrogen) atoms. The molecule has 0 bridgehead atoms. The lowest BCUT2D eigenvalue weighted by atomic mass is 10.2. The highest BCUT2D eigenvalue weighted by Crippen LogP contribution is 2.49. The van der Waals surface area contributed by atoms with Gasteiger partial charge < -0.3 is 18.7 Å². The summed E-state index contributed by atoms with van der Waals surface area (Å²) < 4.78 is 68.4. The van der Waals surface area contributed by atoms with E-state index in [9.17, 15) is 27.3 Å². The molecule has 0 heterocycles. The van der Waals surface area contributed by atoms with Crippen molar-refractivity contribution in [3.8, 4) is 23.6 Å². The number of esters is 1. The predicted octanol–water partition coefficient (Wildman–Crippen LogP) is 3.99. The van der Waals surface area contributed by atoms with Crippen LogP contribution in [0.4, 0.5) is 13.2 Å². The Morgan fingerprint density at radius 2 is 1.50 bits per heavy atom. The van der Waals surface area contributed by atoms with Crippen molar-refractivity contribution in [1.29, 1.82) is 10.5 Å². The molecule has 1 amide bonds. The monoisotopic (exact) mass is 495 g/mol.